The number of ketones is 1. The van der Waals surface area contributed by atoms with Crippen LogP contribution in [0, 0.1) is 11.8 Å². The van der Waals surface area contributed by atoms with Gasteiger partial charge in [0, 0.05) is 17.9 Å². The van der Waals surface area contributed by atoms with Gasteiger partial charge < -0.3 is 4.74 Å². The fourth-order valence-corrected chi connectivity index (χ4v) is 3.45. The molecular weight excluding hydrogens is 288 g/mol. The predicted octanol–water partition coefficient (Wildman–Crippen LogP) is 5.23. The minimum atomic E-state index is -0.398. The van der Waals surface area contributed by atoms with Crippen LogP contribution in [-0.4, -0.2) is 17.4 Å². The summed E-state index contributed by atoms with van der Waals surface area (Å²) in [6.07, 6.45) is 13.8. The molecule has 0 bridgehead atoms. The summed E-state index contributed by atoms with van der Waals surface area (Å²) in [4.78, 5) is 22.6. The van der Waals surface area contributed by atoms with Crippen LogP contribution < -0.4 is 0 Å². The van der Waals surface area contributed by atoms with Crippen LogP contribution >= 0.6 is 0 Å². The molecule has 132 valence electrons. The Balaban J connectivity index is 0.000000257. The summed E-state index contributed by atoms with van der Waals surface area (Å²) in [6.45, 7) is 8.71. The number of esters is 1. The highest BCUT2D eigenvalue weighted by Crippen LogP contribution is 2.32. The molecule has 0 heterocycles. The lowest BCUT2D eigenvalue weighted by molar-refractivity contribution is -0.148. The molecule has 0 radical (unpaired) electrons. The van der Waals surface area contributed by atoms with Crippen molar-refractivity contribution in [1.29, 1.82) is 0 Å². The van der Waals surface area contributed by atoms with Crippen molar-refractivity contribution in [1.82, 2.24) is 0 Å². The van der Waals surface area contributed by atoms with Crippen LogP contribution in [0.5, 0.6) is 0 Å². The fraction of sp³-hybridized carbons (Fsp3) is 0.800. The lowest BCUT2D eigenvalue weighted by Gasteiger charge is -2.27. The quantitative estimate of drug-likeness (QED) is 0.528. The average molecular weight is 322 g/mol. The third-order valence-corrected chi connectivity index (χ3v) is 4.59. The molecular formula is C20H34O3. The van der Waals surface area contributed by atoms with Gasteiger partial charge in [0.15, 0.2) is 0 Å². The molecule has 2 rings (SSSR count). The summed E-state index contributed by atoms with van der Waals surface area (Å²) in [5.41, 5.74) is -0.398. The number of Topliss-reactive ketones (excluding diaryl/α,β-unsaturated/α-hetero) is 1. The minimum Gasteiger partial charge on any atom is -0.457 e. The van der Waals surface area contributed by atoms with E-state index in [2.05, 4.69) is 6.58 Å². The zero-order chi connectivity index (χ0) is 17.3. The Morgan fingerprint density at radius 1 is 0.870 bits per heavy atom. The molecule has 3 heteroatoms. The molecule has 2 fully saturated rings. The highest BCUT2D eigenvalue weighted by atomic mass is 16.6. The van der Waals surface area contributed by atoms with E-state index in [1.54, 1.807) is 0 Å². The van der Waals surface area contributed by atoms with Crippen molar-refractivity contribution in [3.8, 4) is 0 Å². The average Bonchev–Trinajstić information content (AvgIpc) is 2.55. The Morgan fingerprint density at radius 3 is 1.52 bits per heavy atom. The first-order chi connectivity index (χ1) is 10.8. The molecule has 3 nitrogen and oxygen atoms in total. The number of carbonyl (C=O) groups excluding carboxylic acids is 2. The largest absolute Gasteiger partial charge is 0.457 e. The van der Waals surface area contributed by atoms with Gasteiger partial charge in [-0.2, -0.15) is 0 Å². The Hall–Kier alpha value is -1.12. The zero-order valence-electron chi connectivity index (χ0n) is 15.2. The van der Waals surface area contributed by atoms with E-state index in [0.29, 0.717) is 17.6 Å². The van der Waals surface area contributed by atoms with Gasteiger partial charge in [-0.05, 0) is 46.5 Å². The summed E-state index contributed by atoms with van der Waals surface area (Å²) in [7, 11) is 0. The van der Waals surface area contributed by atoms with Crippen molar-refractivity contribution in [3.05, 3.63) is 12.7 Å². The van der Waals surface area contributed by atoms with Crippen molar-refractivity contribution in [2.75, 3.05) is 0 Å². The van der Waals surface area contributed by atoms with E-state index in [4.69, 9.17) is 4.74 Å². The second-order valence-electron chi connectivity index (χ2n) is 7.81. The van der Waals surface area contributed by atoms with Gasteiger partial charge in [0.05, 0.1) is 0 Å². The fourth-order valence-electron chi connectivity index (χ4n) is 3.45. The molecule has 0 N–H and O–H groups in total. The van der Waals surface area contributed by atoms with Gasteiger partial charge in [-0.25, -0.2) is 4.79 Å². The Kier molecular flexibility index (Phi) is 8.57. The lowest BCUT2D eigenvalue weighted by atomic mass is 9.77. The molecule has 0 aliphatic heterocycles. The second kappa shape index (κ2) is 9.89. The van der Waals surface area contributed by atoms with E-state index in [0.717, 1.165) is 6.08 Å². The summed E-state index contributed by atoms with van der Waals surface area (Å²) >= 11 is 0. The number of carbonyl (C=O) groups is 2. The van der Waals surface area contributed by atoms with Crippen LogP contribution in [0.25, 0.3) is 0 Å². The summed E-state index contributed by atoms with van der Waals surface area (Å²) in [6, 6.07) is 0. The maximum atomic E-state index is 12.2. The van der Waals surface area contributed by atoms with Gasteiger partial charge in [0.1, 0.15) is 11.4 Å². The molecule has 0 aromatic carbocycles. The van der Waals surface area contributed by atoms with Crippen molar-refractivity contribution >= 4 is 11.8 Å². The molecule has 2 saturated carbocycles. The van der Waals surface area contributed by atoms with Gasteiger partial charge in [0.2, 0.25) is 0 Å². The molecule has 0 atom stereocenters. The molecule has 0 aromatic heterocycles. The molecule has 0 aromatic rings. The molecule has 0 unspecified atom stereocenters. The number of hydrogen-bond acceptors (Lipinski definition) is 3. The van der Waals surface area contributed by atoms with Gasteiger partial charge in [0.25, 0.3) is 0 Å². The van der Waals surface area contributed by atoms with E-state index in [1.807, 2.05) is 20.8 Å². The van der Waals surface area contributed by atoms with Gasteiger partial charge >= 0.3 is 5.97 Å². The normalized spacial score (nSPS) is 20.1. The highest BCUT2D eigenvalue weighted by Gasteiger charge is 2.28. The van der Waals surface area contributed by atoms with Crippen LogP contribution in [0.4, 0.5) is 0 Å². The van der Waals surface area contributed by atoms with Gasteiger partial charge in [-0.1, -0.05) is 45.1 Å². The van der Waals surface area contributed by atoms with E-state index in [1.165, 1.54) is 64.2 Å². The van der Waals surface area contributed by atoms with E-state index < -0.39 is 5.60 Å². The first-order valence-electron chi connectivity index (χ1n) is 9.22. The molecule has 23 heavy (non-hydrogen) atoms. The molecule has 0 amide bonds. The Morgan fingerprint density at radius 2 is 1.26 bits per heavy atom. The standard InChI is InChI=1S/C13H22O.C7H12O2/c14-13(11-7-3-1-4-8-11)12-9-5-2-6-10-12;1-5-6(8)9-7(2,3)4/h11-12H,1-10H2;5H,1H2,2-4H3. The molecule has 0 saturated heterocycles. The Labute approximate surface area is 141 Å². The molecule has 2 aliphatic carbocycles. The third kappa shape index (κ3) is 8.34. The van der Waals surface area contributed by atoms with E-state index in [-0.39, 0.29) is 5.97 Å². The van der Waals surface area contributed by atoms with Crippen LogP contribution in [0.15, 0.2) is 12.7 Å². The maximum Gasteiger partial charge on any atom is 0.330 e. The summed E-state index contributed by atoms with van der Waals surface area (Å²) in [5.74, 6) is 1.16. The first kappa shape index (κ1) is 19.9. The van der Waals surface area contributed by atoms with E-state index >= 15 is 0 Å². The Bertz CT molecular complexity index is 360. The number of hydrogen-bond donors (Lipinski definition) is 0. The van der Waals surface area contributed by atoms with Gasteiger partial charge in [-0.15, -0.1) is 0 Å². The van der Waals surface area contributed by atoms with Crippen molar-refractivity contribution < 1.29 is 14.3 Å². The van der Waals surface area contributed by atoms with Crippen LogP contribution in [0.2, 0.25) is 0 Å². The van der Waals surface area contributed by atoms with Crippen molar-refractivity contribution in [3.63, 3.8) is 0 Å². The van der Waals surface area contributed by atoms with Crippen LogP contribution in [0.3, 0.4) is 0 Å². The van der Waals surface area contributed by atoms with E-state index in [9.17, 15) is 9.59 Å². The SMILES string of the molecule is C=CC(=O)OC(C)(C)C.O=C(C1CCCCC1)C1CCCCC1. The molecule has 0 spiro atoms. The monoisotopic (exact) mass is 322 g/mol. The van der Waals surface area contributed by atoms with Crippen LogP contribution in [-0.2, 0) is 14.3 Å². The van der Waals surface area contributed by atoms with Crippen LogP contribution in [0.1, 0.15) is 85.0 Å². The second-order valence-corrected chi connectivity index (χ2v) is 7.81. The lowest BCUT2D eigenvalue weighted by Crippen LogP contribution is -2.27. The highest BCUT2D eigenvalue weighted by molar-refractivity contribution is 5.83. The van der Waals surface area contributed by atoms with Crippen molar-refractivity contribution in [2.45, 2.75) is 90.6 Å². The minimum absolute atomic E-state index is 0.373. The smallest absolute Gasteiger partial charge is 0.330 e. The van der Waals surface area contributed by atoms with Gasteiger partial charge in [-0.3, -0.25) is 4.79 Å². The zero-order valence-corrected chi connectivity index (χ0v) is 15.2. The summed E-state index contributed by atoms with van der Waals surface area (Å²) in [5, 5.41) is 0. The topological polar surface area (TPSA) is 43.4 Å². The molecule has 2 aliphatic rings. The predicted molar refractivity (Wildman–Crippen MR) is 94.2 cm³/mol. The third-order valence-electron chi connectivity index (χ3n) is 4.59. The first-order valence-corrected chi connectivity index (χ1v) is 9.22. The number of ether oxygens (including phenoxy) is 1. The summed E-state index contributed by atoms with van der Waals surface area (Å²) < 4.78 is 4.83. The van der Waals surface area contributed by atoms with Crippen molar-refractivity contribution in [2.24, 2.45) is 11.8 Å². The number of rotatable bonds is 3. The maximum absolute atomic E-state index is 12.2.